The van der Waals surface area contributed by atoms with Crippen molar-refractivity contribution in [2.75, 3.05) is 38.8 Å². The van der Waals surface area contributed by atoms with Gasteiger partial charge < -0.3 is 24.6 Å². The molecule has 0 spiro atoms. The zero-order chi connectivity index (χ0) is 24.5. The molecule has 0 unspecified atom stereocenters. The molecule has 0 saturated carbocycles. The number of aliphatic hydroxyl groups excluding tert-OH is 1. The van der Waals surface area contributed by atoms with Crippen LogP contribution in [0.5, 0.6) is 5.88 Å². The number of nitrogens with zero attached hydrogens (tertiary/aromatic N) is 6. The van der Waals surface area contributed by atoms with E-state index in [0.717, 1.165) is 22.2 Å². The maximum absolute atomic E-state index is 14.7. The number of amides is 1. The number of piperidine rings is 1. The zero-order valence-electron chi connectivity index (χ0n) is 19.1. The molecule has 1 aromatic carbocycles. The lowest BCUT2D eigenvalue weighted by atomic mass is 10.0. The molecule has 5 rings (SSSR count). The van der Waals surface area contributed by atoms with Crippen molar-refractivity contribution in [1.29, 1.82) is 0 Å². The van der Waals surface area contributed by atoms with Gasteiger partial charge in [-0.05, 0) is 30.2 Å². The highest BCUT2D eigenvalue weighted by atomic mass is 19.1. The maximum Gasteiger partial charge on any atom is 0.248 e. The Morgan fingerprint density at radius 2 is 2.20 bits per heavy atom. The van der Waals surface area contributed by atoms with E-state index in [9.17, 15) is 13.6 Å². The normalized spacial score (nSPS) is 18.3. The Labute approximate surface area is 199 Å². The summed E-state index contributed by atoms with van der Waals surface area (Å²) in [6.07, 6.45) is 2.39. The van der Waals surface area contributed by atoms with Gasteiger partial charge in [-0.15, -0.1) is 5.10 Å². The predicted molar refractivity (Wildman–Crippen MR) is 125 cm³/mol. The minimum atomic E-state index is -1.34. The number of ether oxygens (including phenoxy) is 1. The number of rotatable bonds is 7. The van der Waals surface area contributed by atoms with E-state index in [4.69, 9.17) is 9.84 Å². The number of aryl methyl sites for hydroxylation is 1. The molecule has 1 fully saturated rings. The number of aromatic nitrogens is 5. The zero-order valence-corrected chi connectivity index (χ0v) is 19.1. The summed E-state index contributed by atoms with van der Waals surface area (Å²) in [6, 6.07) is 7.03. The molecular weight excluding hydrogens is 460 g/mol. The highest BCUT2D eigenvalue weighted by molar-refractivity contribution is 5.89. The van der Waals surface area contributed by atoms with Crippen LogP contribution < -0.4 is 10.1 Å². The molecule has 3 aromatic heterocycles. The number of hydrogen-bond acceptors (Lipinski definition) is 7. The van der Waals surface area contributed by atoms with Gasteiger partial charge in [-0.25, -0.2) is 18.3 Å². The summed E-state index contributed by atoms with van der Waals surface area (Å²) < 4.78 is 36.6. The van der Waals surface area contributed by atoms with Crippen molar-refractivity contribution in [3.63, 3.8) is 0 Å². The van der Waals surface area contributed by atoms with Crippen molar-refractivity contribution >= 4 is 28.4 Å². The number of likely N-dealkylation sites (tertiary alicyclic amines) is 1. The summed E-state index contributed by atoms with van der Waals surface area (Å²) in [7, 11) is 1.50. The Balaban J connectivity index is 1.44. The van der Waals surface area contributed by atoms with Crippen molar-refractivity contribution in [1.82, 2.24) is 29.0 Å². The van der Waals surface area contributed by atoms with Crippen LogP contribution in [0.4, 0.5) is 14.7 Å². The SMILES string of the molecule is COc1nc(N[C@H]2CCN(C(=O)CO)C[C@H]2F)nn2ccc(-c3ccc4ncn(CCF)c4c3)c12. The Bertz CT molecular complexity index is 1370. The Hall–Kier alpha value is -3.80. The fourth-order valence-electron chi connectivity index (χ4n) is 4.48. The van der Waals surface area contributed by atoms with Gasteiger partial charge in [-0.3, -0.25) is 4.79 Å². The first kappa shape index (κ1) is 23.0. The number of carbonyl (C=O) groups excluding carboxylic acids is 1. The van der Waals surface area contributed by atoms with Gasteiger partial charge in [0, 0.05) is 18.3 Å². The number of hydrogen-bond donors (Lipinski definition) is 2. The topological polar surface area (TPSA) is 110 Å². The van der Waals surface area contributed by atoms with Gasteiger partial charge in [0.05, 0.1) is 43.6 Å². The summed E-state index contributed by atoms with van der Waals surface area (Å²) in [6.45, 7) is -0.681. The average molecular weight is 485 g/mol. The molecule has 1 aliphatic heterocycles. The molecule has 1 amide bonds. The number of imidazole rings is 1. The number of aliphatic hydroxyl groups is 1. The Morgan fingerprint density at radius 3 is 2.94 bits per heavy atom. The van der Waals surface area contributed by atoms with Gasteiger partial charge in [0.1, 0.15) is 25.0 Å². The highest BCUT2D eigenvalue weighted by Gasteiger charge is 2.32. The summed E-state index contributed by atoms with van der Waals surface area (Å²) in [5.74, 6) is 0.0157. The van der Waals surface area contributed by atoms with Crippen molar-refractivity contribution in [2.45, 2.75) is 25.2 Å². The third kappa shape index (κ3) is 4.25. The van der Waals surface area contributed by atoms with Crippen molar-refractivity contribution in [2.24, 2.45) is 0 Å². The molecule has 12 heteroatoms. The molecule has 184 valence electrons. The number of nitrogens with one attached hydrogen (secondary N) is 1. The van der Waals surface area contributed by atoms with Gasteiger partial charge in [0.15, 0.2) is 0 Å². The molecule has 10 nitrogen and oxygen atoms in total. The van der Waals surface area contributed by atoms with E-state index < -0.39 is 31.4 Å². The molecule has 0 aliphatic carbocycles. The van der Waals surface area contributed by atoms with E-state index >= 15 is 0 Å². The molecular formula is C23H25F2N7O3. The van der Waals surface area contributed by atoms with E-state index in [-0.39, 0.29) is 19.0 Å². The highest BCUT2D eigenvalue weighted by Crippen LogP contribution is 2.33. The van der Waals surface area contributed by atoms with E-state index in [0.29, 0.717) is 24.4 Å². The van der Waals surface area contributed by atoms with E-state index in [1.165, 1.54) is 12.0 Å². The van der Waals surface area contributed by atoms with Crippen molar-refractivity contribution in [3.8, 4) is 17.0 Å². The fourth-order valence-corrected chi connectivity index (χ4v) is 4.48. The van der Waals surface area contributed by atoms with E-state index in [1.54, 1.807) is 21.6 Å². The molecule has 4 aromatic rings. The van der Waals surface area contributed by atoms with Crippen LogP contribution in [-0.4, -0.2) is 85.8 Å². The maximum atomic E-state index is 14.7. The van der Waals surface area contributed by atoms with Crippen LogP contribution in [0.15, 0.2) is 36.8 Å². The van der Waals surface area contributed by atoms with Crippen LogP contribution in [0, 0.1) is 0 Å². The number of alkyl halides is 2. The van der Waals surface area contributed by atoms with Crippen LogP contribution in [-0.2, 0) is 11.3 Å². The molecule has 0 bridgehead atoms. The third-order valence-electron chi connectivity index (χ3n) is 6.27. The first-order chi connectivity index (χ1) is 17.0. The van der Waals surface area contributed by atoms with Gasteiger partial charge in [0.2, 0.25) is 17.7 Å². The minimum Gasteiger partial charge on any atom is -0.479 e. The monoisotopic (exact) mass is 485 g/mol. The first-order valence-electron chi connectivity index (χ1n) is 11.3. The van der Waals surface area contributed by atoms with Crippen molar-refractivity contribution < 1.29 is 23.4 Å². The molecule has 4 heterocycles. The largest absolute Gasteiger partial charge is 0.479 e. The predicted octanol–water partition coefficient (Wildman–Crippen LogP) is 2.07. The second-order valence-corrected chi connectivity index (χ2v) is 8.35. The molecule has 0 radical (unpaired) electrons. The minimum absolute atomic E-state index is 0.106. The Kier molecular flexibility index (Phi) is 6.20. The first-order valence-corrected chi connectivity index (χ1v) is 11.3. The van der Waals surface area contributed by atoms with Crippen LogP contribution in [0.3, 0.4) is 0 Å². The lowest BCUT2D eigenvalue weighted by molar-refractivity contribution is -0.136. The molecule has 35 heavy (non-hydrogen) atoms. The second-order valence-electron chi connectivity index (χ2n) is 8.35. The van der Waals surface area contributed by atoms with Crippen LogP contribution >= 0.6 is 0 Å². The lowest BCUT2D eigenvalue weighted by Crippen LogP contribution is -2.50. The summed E-state index contributed by atoms with van der Waals surface area (Å²) in [5.41, 5.74) is 3.91. The molecule has 1 aliphatic rings. The van der Waals surface area contributed by atoms with Crippen LogP contribution in [0.1, 0.15) is 6.42 Å². The second kappa shape index (κ2) is 9.45. The number of anilines is 1. The van der Waals surface area contributed by atoms with E-state index in [2.05, 4.69) is 20.4 Å². The lowest BCUT2D eigenvalue weighted by Gasteiger charge is -2.34. The van der Waals surface area contributed by atoms with Crippen LogP contribution in [0.2, 0.25) is 0 Å². The molecule has 1 saturated heterocycles. The average Bonchev–Trinajstić information content (AvgIpc) is 3.48. The summed E-state index contributed by atoms with van der Waals surface area (Å²) >= 11 is 0. The number of carbonyl (C=O) groups is 1. The third-order valence-corrected chi connectivity index (χ3v) is 6.27. The fraction of sp³-hybridized carbons (Fsp3) is 0.391. The summed E-state index contributed by atoms with van der Waals surface area (Å²) in [5, 5.41) is 16.5. The van der Waals surface area contributed by atoms with E-state index in [1.807, 2.05) is 24.3 Å². The Morgan fingerprint density at radius 1 is 1.34 bits per heavy atom. The summed E-state index contributed by atoms with van der Waals surface area (Å²) in [4.78, 5) is 21.7. The van der Waals surface area contributed by atoms with Gasteiger partial charge >= 0.3 is 0 Å². The molecule has 2 atom stereocenters. The molecule has 2 N–H and O–H groups in total. The standard InChI is InChI=1S/C23H25F2N7O3/c1-35-22-21-15(14-2-3-18-19(10-14)31(9-6-24)13-26-18)4-8-32(21)29-23(28-22)27-17-5-7-30(11-16(17)25)20(34)12-33/h2-4,8,10,13,16-17,33H,5-7,9,11-12H2,1H3,(H,27,29)/t16-,17+/m1/s1. The quantitative estimate of drug-likeness (QED) is 0.412. The number of fused-ring (bicyclic) bond motifs is 2. The van der Waals surface area contributed by atoms with Crippen molar-refractivity contribution in [3.05, 3.63) is 36.8 Å². The smallest absolute Gasteiger partial charge is 0.248 e. The van der Waals surface area contributed by atoms with Gasteiger partial charge in [-0.1, -0.05) is 6.07 Å². The van der Waals surface area contributed by atoms with Crippen LogP contribution in [0.25, 0.3) is 27.7 Å². The van der Waals surface area contributed by atoms with Gasteiger partial charge in [0.25, 0.3) is 0 Å². The number of halogens is 2. The number of benzene rings is 1. The van der Waals surface area contributed by atoms with Gasteiger partial charge in [-0.2, -0.15) is 4.98 Å². The number of methoxy groups -OCH3 is 1.